The molecule has 2 heteroatoms. The molecule has 0 amide bonds. The first kappa shape index (κ1) is 8.77. The van der Waals surface area contributed by atoms with Crippen LogP contribution in [0.4, 0.5) is 0 Å². The minimum absolute atomic E-state index is 0.0455. The molecule has 2 rings (SSSR count). The van der Waals surface area contributed by atoms with Crippen LogP contribution in [0.25, 0.3) is 0 Å². The van der Waals surface area contributed by atoms with Crippen molar-refractivity contribution in [2.24, 2.45) is 5.92 Å². The first-order chi connectivity index (χ1) is 6.35. The summed E-state index contributed by atoms with van der Waals surface area (Å²) in [7, 11) is 0. The normalized spacial score (nSPS) is 38.8. The van der Waals surface area contributed by atoms with Crippen LogP contribution in [-0.2, 0) is 4.74 Å². The van der Waals surface area contributed by atoms with Crippen LogP contribution in [0, 0.1) is 17.2 Å². The van der Waals surface area contributed by atoms with Gasteiger partial charge in [0.1, 0.15) is 0 Å². The first-order valence-corrected chi connectivity index (χ1v) is 5.03. The summed E-state index contributed by atoms with van der Waals surface area (Å²) in [5, 5.41) is 8.83. The molecule has 1 fully saturated rings. The molecule has 1 aliphatic heterocycles. The monoisotopic (exact) mass is 177 g/mol. The number of hydrogen-bond acceptors (Lipinski definition) is 2. The van der Waals surface area contributed by atoms with E-state index < -0.39 is 0 Å². The molecule has 13 heavy (non-hydrogen) atoms. The van der Waals surface area contributed by atoms with E-state index in [2.05, 4.69) is 18.2 Å². The van der Waals surface area contributed by atoms with E-state index in [1.165, 1.54) is 0 Å². The molecular weight excluding hydrogens is 162 g/mol. The maximum absolute atomic E-state index is 8.83. The lowest BCUT2D eigenvalue weighted by atomic mass is 9.95. The second-order valence-corrected chi connectivity index (χ2v) is 4.07. The summed E-state index contributed by atoms with van der Waals surface area (Å²) in [4.78, 5) is 0. The third-order valence-electron chi connectivity index (χ3n) is 3.17. The lowest BCUT2D eigenvalue weighted by Gasteiger charge is -2.27. The molecule has 0 saturated heterocycles. The van der Waals surface area contributed by atoms with Gasteiger partial charge in [-0.2, -0.15) is 5.26 Å². The Morgan fingerprint density at radius 1 is 1.38 bits per heavy atom. The van der Waals surface area contributed by atoms with Crippen molar-refractivity contribution in [1.82, 2.24) is 0 Å². The average molecular weight is 177 g/mol. The van der Waals surface area contributed by atoms with E-state index in [1.54, 1.807) is 0 Å². The van der Waals surface area contributed by atoms with Gasteiger partial charge in [-0.1, -0.05) is 12.2 Å². The highest BCUT2D eigenvalue weighted by Crippen LogP contribution is 2.41. The molecule has 1 spiro atoms. The highest BCUT2D eigenvalue weighted by atomic mass is 16.5. The topological polar surface area (TPSA) is 33.0 Å². The molecule has 0 radical (unpaired) electrons. The number of ether oxygens (including phenoxy) is 1. The fourth-order valence-corrected chi connectivity index (χ4v) is 2.39. The summed E-state index contributed by atoms with van der Waals surface area (Å²) in [5.74, 6) is 0.234. The SMILES string of the molecule is N#C[C@@H]1CC[C@]2(CCC=CCO2)C1. The molecule has 70 valence electrons. The summed E-state index contributed by atoms with van der Waals surface area (Å²) < 4.78 is 5.85. The minimum Gasteiger partial charge on any atom is -0.371 e. The maximum Gasteiger partial charge on any atom is 0.0702 e. The molecule has 2 atom stereocenters. The van der Waals surface area contributed by atoms with Crippen molar-refractivity contribution in [1.29, 1.82) is 5.26 Å². The van der Waals surface area contributed by atoms with E-state index in [0.717, 1.165) is 38.7 Å². The minimum atomic E-state index is 0.0455. The van der Waals surface area contributed by atoms with Crippen molar-refractivity contribution in [3.05, 3.63) is 12.2 Å². The summed E-state index contributed by atoms with van der Waals surface area (Å²) in [6.07, 6.45) is 9.54. The van der Waals surface area contributed by atoms with E-state index >= 15 is 0 Å². The number of hydrogen-bond donors (Lipinski definition) is 0. The zero-order valence-electron chi connectivity index (χ0n) is 7.83. The predicted octanol–water partition coefficient (Wildman–Crippen LogP) is 2.42. The third-order valence-corrected chi connectivity index (χ3v) is 3.17. The van der Waals surface area contributed by atoms with Gasteiger partial charge in [0.05, 0.1) is 18.3 Å². The van der Waals surface area contributed by atoms with Crippen molar-refractivity contribution >= 4 is 0 Å². The highest BCUT2D eigenvalue weighted by molar-refractivity contribution is 5.02. The molecule has 0 aromatic rings. The number of rotatable bonds is 0. The fraction of sp³-hybridized carbons (Fsp3) is 0.727. The van der Waals surface area contributed by atoms with Gasteiger partial charge in [0.15, 0.2) is 0 Å². The molecule has 1 saturated carbocycles. The van der Waals surface area contributed by atoms with Crippen molar-refractivity contribution in [2.75, 3.05) is 6.61 Å². The molecule has 1 heterocycles. The molecule has 2 aliphatic rings. The number of allylic oxidation sites excluding steroid dienone is 1. The van der Waals surface area contributed by atoms with Gasteiger partial charge in [-0.25, -0.2) is 0 Å². The first-order valence-electron chi connectivity index (χ1n) is 5.03. The molecule has 1 aliphatic carbocycles. The maximum atomic E-state index is 8.83. The smallest absolute Gasteiger partial charge is 0.0702 e. The molecule has 0 unspecified atom stereocenters. The van der Waals surface area contributed by atoms with Crippen molar-refractivity contribution < 1.29 is 4.74 Å². The summed E-state index contributed by atoms with van der Waals surface area (Å²) in [6, 6.07) is 2.36. The summed E-state index contributed by atoms with van der Waals surface area (Å²) >= 11 is 0. The van der Waals surface area contributed by atoms with Crippen LogP contribution < -0.4 is 0 Å². The second-order valence-electron chi connectivity index (χ2n) is 4.07. The van der Waals surface area contributed by atoms with Gasteiger partial charge in [-0.05, 0) is 32.1 Å². The van der Waals surface area contributed by atoms with Crippen LogP contribution in [0.5, 0.6) is 0 Å². The molecule has 2 nitrogen and oxygen atoms in total. The van der Waals surface area contributed by atoms with E-state index in [9.17, 15) is 0 Å². The van der Waals surface area contributed by atoms with Crippen LogP contribution >= 0.6 is 0 Å². The van der Waals surface area contributed by atoms with Gasteiger partial charge in [0.2, 0.25) is 0 Å². The Morgan fingerprint density at radius 2 is 2.31 bits per heavy atom. The van der Waals surface area contributed by atoms with E-state index in [-0.39, 0.29) is 11.5 Å². The Balaban J connectivity index is 2.02. The van der Waals surface area contributed by atoms with Crippen molar-refractivity contribution in [2.45, 2.75) is 37.7 Å². The van der Waals surface area contributed by atoms with Crippen LogP contribution in [0.2, 0.25) is 0 Å². The molecule has 0 bridgehead atoms. The van der Waals surface area contributed by atoms with Crippen molar-refractivity contribution in [3.63, 3.8) is 0 Å². The van der Waals surface area contributed by atoms with E-state index in [0.29, 0.717) is 0 Å². The molecule has 0 aromatic heterocycles. The largest absolute Gasteiger partial charge is 0.371 e. The van der Waals surface area contributed by atoms with Crippen molar-refractivity contribution in [3.8, 4) is 6.07 Å². The van der Waals surface area contributed by atoms with Gasteiger partial charge in [0, 0.05) is 5.92 Å². The zero-order chi connectivity index (χ0) is 9.15. The fourth-order valence-electron chi connectivity index (χ4n) is 2.39. The van der Waals surface area contributed by atoms with Gasteiger partial charge in [-0.15, -0.1) is 0 Å². The van der Waals surface area contributed by atoms with E-state index in [4.69, 9.17) is 10.00 Å². The Bertz CT molecular complexity index is 241. The average Bonchev–Trinajstić information content (AvgIpc) is 2.40. The Hall–Kier alpha value is -0.810. The lowest BCUT2D eigenvalue weighted by Crippen LogP contribution is -2.28. The quantitative estimate of drug-likeness (QED) is 0.532. The number of nitriles is 1. The highest BCUT2D eigenvalue weighted by Gasteiger charge is 2.39. The third kappa shape index (κ3) is 1.76. The zero-order valence-corrected chi connectivity index (χ0v) is 7.83. The Labute approximate surface area is 79.2 Å². The molecule has 0 aromatic carbocycles. The Kier molecular flexibility index (Phi) is 2.37. The molecular formula is C11H15NO. The second kappa shape index (κ2) is 3.51. The standard InChI is InChI=1S/C11H15NO/c12-9-10-4-6-11(8-10)5-2-1-3-7-13-11/h1,3,10H,2,4-8H2/t10-,11-/m1/s1. The lowest BCUT2D eigenvalue weighted by molar-refractivity contribution is -0.0295. The van der Waals surface area contributed by atoms with E-state index in [1.807, 2.05) is 0 Å². The summed E-state index contributed by atoms with van der Waals surface area (Å²) in [6.45, 7) is 0.734. The van der Waals surface area contributed by atoms with Gasteiger partial charge < -0.3 is 4.74 Å². The number of nitrogens with zero attached hydrogens (tertiary/aromatic N) is 1. The van der Waals surface area contributed by atoms with Crippen LogP contribution in [0.1, 0.15) is 32.1 Å². The van der Waals surface area contributed by atoms with Gasteiger partial charge in [0.25, 0.3) is 0 Å². The molecule has 0 N–H and O–H groups in total. The van der Waals surface area contributed by atoms with Gasteiger partial charge >= 0.3 is 0 Å². The van der Waals surface area contributed by atoms with Gasteiger partial charge in [-0.3, -0.25) is 0 Å². The van der Waals surface area contributed by atoms with Crippen LogP contribution in [-0.4, -0.2) is 12.2 Å². The summed E-state index contributed by atoms with van der Waals surface area (Å²) in [5.41, 5.74) is 0.0455. The van der Waals surface area contributed by atoms with Crippen LogP contribution in [0.3, 0.4) is 0 Å². The predicted molar refractivity (Wildman–Crippen MR) is 50.0 cm³/mol. The van der Waals surface area contributed by atoms with Crippen LogP contribution in [0.15, 0.2) is 12.2 Å². The Morgan fingerprint density at radius 3 is 3.08 bits per heavy atom.